The molecule has 2 amide bonds. The zero-order valence-electron chi connectivity index (χ0n) is 13.0. The Kier molecular flexibility index (Phi) is 4.76. The van der Waals surface area contributed by atoms with E-state index in [9.17, 15) is 9.59 Å². The van der Waals surface area contributed by atoms with Crippen molar-refractivity contribution in [2.24, 2.45) is 22.9 Å². The monoisotopic (exact) mass is 307 g/mol. The number of hydrogen-bond donors (Lipinski definition) is 2. The Bertz CT molecular complexity index is 477. The lowest BCUT2D eigenvalue weighted by atomic mass is 9.86. The van der Waals surface area contributed by atoms with Crippen molar-refractivity contribution in [3.05, 3.63) is 0 Å². The lowest BCUT2D eigenvalue weighted by Crippen LogP contribution is -2.40. The van der Waals surface area contributed by atoms with E-state index in [1.165, 1.54) is 30.7 Å². The average molecular weight is 307 g/mol. The fourth-order valence-corrected chi connectivity index (χ4v) is 4.24. The number of aliphatic hydroxyl groups is 1. The molecule has 2 fully saturated rings. The molecule has 2 N–H and O–H groups in total. The topological polar surface area (TPSA) is 82.0 Å². The SMILES string of the molecule is O=C(NCC[C@@H]1C[C@H]2CC[C@H]1C2)C1=NN(CCO)C(=O)CC1. The Morgan fingerprint density at radius 2 is 2.18 bits per heavy atom. The summed E-state index contributed by atoms with van der Waals surface area (Å²) in [5, 5.41) is 17.1. The first-order chi connectivity index (χ1) is 10.7. The van der Waals surface area contributed by atoms with Crippen LogP contribution in [-0.2, 0) is 9.59 Å². The third-order valence-corrected chi connectivity index (χ3v) is 5.36. The Morgan fingerprint density at radius 3 is 2.86 bits per heavy atom. The van der Waals surface area contributed by atoms with Crippen molar-refractivity contribution in [2.45, 2.75) is 44.9 Å². The van der Waals surface area contributed by atoms with E-state index in [4.69, 9.17) is 5.11 Å². The molecule has 2 bridgehead atoms. The molecule has 0 saturated heterocycles. The number of β-amino-alcohol motifs (C(OH)–C–C–N with tert-alkyl or cyclic N) is 1. The second kappa shape index (κ2) is 6.77. The summed E-state index contributed by atoms with van der Waals surface area (Å²) in [5.41, 5.74) is 0.404. The molecule has 3 aliphatic rings. The minimum Gasteiger partial charge on any atom is -0.394 e. The van der Waals surface area contributed by atoms with Crippen LogP contribution in [0.2, 0.25) is 0 Å². The van der Waals surface area contributed by atoms with Crippen LogP contribution in [0.1, 0.15) is 44.9 Å². The molecule has 1 heterocycles. The van der Waals surface area contributed by atoms with Gasteiger partial charge in [-0.1, -0.05) is 6.42 Å². The number of nitrogens with zero attached hydrogens (tertiary/aromatic N) is 2. The molecule has 2 saturated carbocycles. The molecule has 0 spiro atoms. The number of hydrazone groups is 1. The average Bonchev–Trinajstić information content (AvgIpc) is 3.12. The van der Waals surface area contributed by atoms with Crippen molar-refractivity contribution >= 4 is 17.5 Å². The Balaban J connectivity index is 1.45. The van der Waals surface area contributed by atoms with E-state index in [1.54, 1.807) is 0 Å². The zero-order valence-corrected chi connectivity index (χ0v) is 13.0. The second-order valence-electron chi connectivity index (χ2n) is 6.77. The quantitative estimate of drug-likeness (QED) is 0.765. The fourth-order valence-electron chi connectivity index (χ4n) is 4.24. The minimum absolute atomic E-state index is 0.132. The van der Waals surface area contributed by atoms with Crippen LogP contribution in [0.15, 0.2) is 5.10 Å². The number of aliphatic hydroxyl groups excluding tert-OH is 1. The van der Waals surface area contributed by atoms with Crippen LogP contribution >= 0.6 is 0 Å². The van der Waals surface area contributed by atoms with Gasteiger partial charge in [0, 0.05) is 19.4 Å². The van der Waals surface area contributed by atoms with Crippen molar-refractivity contribution in [1.29, 1.82) is 0 Å². The molecule has 3 atom stereocenters. The molecular formula is C16H25N3O3. The normalized spacial score (nSPS) is 30.6. The molecule has 0 unspecified atom stereocenters. The summed E-state index contributed by atoms with van der Waals surface area (Å²) in [6.07, 6.45) is 7.23. The predicted molar refractivity (Wildman–Crippen MR) is 82.0 cm³/mol. The molecule has 2 aliphatic carbocycles. The zero-order chi connectivity index (χ0) is 15.5. The van der Waals surface area contributed by atoms with Gasteiger partial charge in [0.15, 0.2) is 0 Å². The molecule has 0 radical (unpaired) electrons. The number of carbonyl (C=O) groups excluding carboxylic acids is 2. The van der Waals surface area contributed by atoms with Crippen LogP contribution in [0.5, 0.6) is 0 Å². The van der Waals surface area contributed by atoms with Gasteiger partial charge in [-0.3, -0.25) is 9.59 Å². The van der Waals surface area contributed by atoms with Gasteiger partial charge in [-0.05, 0) is 43.4 Å². The van der Waals surface area contributed by atoms with E-state index in [0.717, 1.165) is 24.2 Å². The molecule has 6 heteroatoms. The molecule has 3 rings (SSSR count). The van der Waals surface area contributed by atoms with Crippen LogP contribution in [0.25, 0.3) is 0 Å². The maximum Gasteiger partial charge on any atom is 0.267 e. The number of amides is 2. The smallest absolute Gasteiger partial charge is 0.267 e. The number of rotatable bonds is 6. The van der Waals surface area contributed by atoms with Crippen molar-refractivity contribution < 1.29 is 14.7 Å². The van der Waals surface area contributed by atoms with Gasteiger partial charge in [-0.2, -0.15) is 5.10 Å². The standard InChI is InChI=1S/C16H25N3O3/c20-8-7-19-15(21)4-3-14(18-19)16(22)17-6-5-13-10-11-1-2-12(13)9-11/h11-13,20H,1-10H2,(H,17,22)/t11-,12-,13+/m0/s1. The summed E-state index contributed by atoms with van der Waals surface area (Å²) in [7, 11) is 0. The van der Waals surface area contributed by atoms with Gasteiger partial charge >= 0.3 is 0 Å². The van der Waals surface area contributed by atoms with Gasteiger partial charge in [0.1, 0.15) is 5.71 Å². The van der Waals surface area contributed by atoms with Gasteiger partial charge in [0.2, 0.25) is 5.91 Å². The highest BCUT2D eigenvalue weighted by molar-refractivity contribution is 6.39. The van der Waals surface area contributed by atoms with Gasteiger partial charge in [-0.15, -0.1) is 0 Å². The van der Waals surface area contributed by atoms with E-state index in [0.29, 0.717) is 25.1 Å². The van der Waals surface area contributed by atoms with Gasteiger partial charge in [0.25, 0.3) is 5.91 Å². The highest BCUT2D eigenvalue weighted by Crippen LogP contribution is 2.49. The Morgan fingerprint density at radius 1 is 1.32 bits per heavy atom. The summed E-state index contributed by atoms with van der Waals surface area (Å²) in [4.78, 5) is 23.7. The van der Waals surface area contributed by atoms with Gasteiger partial charge in [0.05, 0.1) is 13.2 Å². The largest absolute Gasteiger partial charge is 0.394 e. The van der Waals surface area contributed by atoms with Crippen LogP contribution in [0.3, 0.4) is 0 Å². The highest BCUT2D eigenvalue weighted by atomic mass is 16.3. The summed E-state index contributed by atoms with van der Waals surface area (Å²) in [6, 6.07) is 0. The predicted octanol–water partition coefficient (Wildman–Crippen LogP) is 0.900. The maximum absolute atomic E-state index is 12.1. The molecule has 6 nitrogen and oxygen atoms in total. The number of hydrogen-bond acceptors (Lipinski definition) is 4. The van der Waals surface area contributed by atoms with Gasteiger partial charge < -0.3 is 10.4 Å². The molecular weight excluding hydrogens is 282 g/mol. The summed E-state index contributed by atoms with van der Waals surface area (Å²) >= 11 is 0. The number of nitrogens with one attached hydrogen (secondary N) is 1. The lowest BCUT2D eigenvalue weighted by Gasteiger charge is -2.23. The summed E-state index contributed by atoms with van der Waals surface area (Å²) in [6.45, 7) is 0.703. The summed E-state index contributed by atoms with van der Waals surface area (Å²) in [5.74, 6) is 2.30. The third-order valence-electron chi connectivity index (χ3n) is 5.36. The molecule has 122 valence electrons. The first-order valence-electron chi connectivity index (χ1n) is 8.44. The van der Waals surface area contributed by atoms with Crippen molar-refractivity contribution in [3.8, 4) is 0 Å². The third kappa shape index (κ3) is 3.32. The molecule has 0 aromatic rings. The van der Waals surface area contributed by atoms with Crippen LogP contribution in [-0.4, -0.2) is 47.3 Å². The van der Waals surface area contributed by atoms with Crippen LogP contribution in [0.4, 0.5) is 0 Å². The number of fused-ring (bicyclic) bond motifs is 2. The summed E-state index contributed by atoms with van der Waals surface area (Å²) < 4.78 is 0. The highest BCUT2D eigenvalue weighted by Gasteiger charge is 2.38. The Hall–Kier alpha value is -1.43. The van der Waals surface area contributed by atoms with E-state index >= 15 is 0 Å². The molecule has 22 heavy (non-hydrogen) atoms. The van der Waals surface area contributed by atoms with E-state index < -0.39 is 0 Å². The minimum atomic E-state index is -0.168. The van der Waals surface area contributed by atoms with E-state index in [1.807, 2.05) is 0 Å². The van der Waals surface area contributed by atoms with E-state index in [2.05, 4.69) is 10.4 Å². The molecule has 0 aromatic carbocycles. The molecule has 1 aliphatic heterocycles. The number of carbonyl (C=O) groups is 2. The molecule has 0 aromatic heterocycles. The van der Waals surface area contributed by atoms with Crippen molar-refractivity contribution in [2.75, 3.05) is 19.7 Å². The Labute approximate surface area is 130 Å². The van der Waals surface area contributed by atoms with Gasteiger partial charge in [-0.25, -0.2) is 5.01 Å². The van der Waals surface area contributed by atoms with Crippen molar-refractivity contribution in [1.82, 2.24) is 10.3 Å². The lowest BCUT2D eigenvalue weighted by molar-refractivity contribution is -0.132. The van der Waals surface area contributed by atoms with E-state index in [-0.39, 0.29) is 25.0 Å². The maximum atomic E-state index is 12.1. The first kappa shape index (κ1) is 15.5. The van der Waals surface area contributed by atoms with Crippen LogP contribution < -0.4 is 5.32 Å². The van der Waals surface area contributed by atoms with Crippen molar-refractivity contribution in [3.63, 3.8) is 0 Å². The first-order valence-corrected chi connectivity index (χ1v) is 8.44. The van der Waals surface area contributed by atoms with Crippen LogP contribution in [0, 0.1) is 17.8 Å². The fraction of sp³-hybridized carbons (Fsp3) is 0.812. The second-order valence-corrected chi connectivity index (χ2v) is 6.77.